The van der Waals surface area contributed by atoms with Gasteiger partial charge in [-0.1, -0.05) is 47.5 Å². The van der Waals surface area contributed by atoms with Crippen molar-refractivity contribution in [1.82, 2.24) is 0 Å². The van der Waals surface area contributed by atoms with E-state index in [1.54, 1.807) is 24.3 Å². The van der Waals surface area contributed by atoms with Crippen LogP contribution in [0.25, 0.3) is 0 Å². The minimum Gasteiger partial charge on any atom is -0.460 e. The molecule has 0 N–H and O–H groups in total. The van der Waals surface area contributed by atoms with E-state index in [2.05, 4.69) is 0 Å². The van der Waals surface area contributed by atoms with Gasteiger partial charge in [-0.15, -0.1) is 0 Å². The molecule has 0 amide bonds. The van der Waals surface area contributed by atoms with E-state index < -0.39 is 10.9 Å². The van der Waals surface area contributed by atoms with E-state index in [1.165, 1.54) is 18.2 Å². The molecule has 0 radical (unpaired) electrons. The van der Waals surface area contributed by atoms with Gasteiger partial charge in [0.2, 0.25) is 0 Å². The molecule has 0 fully saturated rings. The largest absolute Gasteiger partial charge is 0.460 e. The standard InChI is InChI=1S/C15H11Cl2NO4/c16-12-5-3-6-13(17)11(12)9-22-15(19)8-10-4-1-2-7-14(10)18(20)21/h1-7H,8-9H2. The zero-order valence-corrected chi connectivity index (χ0v) is 12.8. The molecule has 114 valence electrons. The summed E-state index contributed by atoms with van der Waals surface area (Å²) in [6, 6.07) is 11.0. The molecule has 0 saturated carbocycles. The van der Waals surface area contributed by atoms with E-state index in [-0.39, 0.29) is 18.7 Å². The van der Waals surface area contributed by atoms with Gasteiger partial charge in [-0.2, -0.15) is 0 Å². The van der Waals surface area contributed by atoms with Crippen LogP contribution in [0, 0.1) is 10.1 Å². The topological polar surface area (TPSA) is 69.4 Å². The quantitative estimate of drug-likeness (QED) is 0.465. The second kappa shape index (κ2) is 7.24. The number of para-hydroxylation sites is 1. The summed E-state index contributed by atoms with van der Waals surface area (Å²) in [6.07, 6.45) is -0.195. The van der Waals surface area contributed by atoms with Crippen molar-refractivity contribution in [3.8, 4) is 0 Å². The molecule has 2 rings (SSSR count). The lowest BCUT2D eigenvalue weighted by Gasteiger charge is -2.08. The van der Waals surface area contributed by atoms with Crippen molar-refractivity contribution in [2.45, 2.75) is 13.0 Å². The van der Waals surface area contributed by atoms with Crippen molar-refractivity contribution >= 4 is 34.9 Å². The van der Waals surface area contributed by atoms with Crippen LogP contribution >= 0.6 is 23.2 Å². The number of rotatable bonds is 5. The molecule has 5 nitrogen and oxygen atoms in total. The Morgan fingerprint density at radius 1 is 1.09 bits per heavy atom. The maximum atomic E-state index is 11.9. The summed E-state index contributed by atoms with van der Waals surface area (Å²) in [5.74, 6) is -0.592. The number of carbonyl (C=O) groups excluding carboxylic acids is 1. The Bertz CT molecular complexity index is 698. The van der Waals surface area contributed by atoms with Crippen LogP contribution in [0.2, 0.25) is 10.0 Å². The van der Waals surface area contributed by atoms with Crippen LogP contribution in [0.4, 0.5) is 5.69 Å². The van der Waals surface area contributed by atoms with Crippen molar-refractivity contribution in [2.24, 2.45) is 0 Å². The Morgan fingerprint density at radius 2 is 1.73 bits per heavy atom. The number of hydrogen-bond acceptors (Lipinski definition) is 4. The normalized spacial score (nSPS) is 10.3. The molecule has 0 aliphatic carbocycles. The van der Waals surface area contributed by atoms with Gasteiger partial charge in [-0.05, 0) is 12.1 Å². The highest BCUT2D eigenvalue weighted by molar-refractivity contribution is 6.35. The Hall–Kier alpha value is -2.11. The van der Waals surface area contributed by atoms with Crippen molar-refractivity contribution in [3.05, 3.63) is 73.8 Å². The van der Waals surface area contributed by atoms with Gasteiger partial charge in [-0.3, -0.25) is 14.9 Å². The molecule has 0 saturated heterocycles. The molecular weight excluding hydrogens is 329 g/mol. The molecule has 0 spiro atoms. The predicted molar refractivity (Wildman–Crippen MR) is 83.1 cm³/mol. The fraction of sp³-hybridized carbons (Fsp3) is 0.133. The van der Waals surface area contributed by atoms with Crippen LogP contribution in [0.1, 0.15) is 11.1 Å². The van der Waals surface area contributed by atoms with Crippen LogP contribution in [-0.4, -0.2) is 10.9 Å². The Kier molecular flexibility index (Phi) is 5.35. The molecule has 0 heterocycles. The smallest absolute Gasteiger partial charge is 0.310 e. The minimum absolute atomic E-state index is 0.0853. The molecule has 2 aromatic carbocycles. The monoisotopic (exact) mass is 339 g/mol. The number of nitrogens with zero attached hydrogens (tertiary/aromatic N) is 1. The predicted octanol–water partition coefficient (Wildman–Crippen LogP) is 4.19. The number of esters is 1. The average molecular weight is 340 g/mol. The summed E-state index contributed by atoms with van der Waals surface area (Å²) in [5, 5.41) is 11.7. The van der Waals surface area contributed by atoms with Gasteiger partial charge >= 0.3 is 5.97 Å². The molecule has 2 aromatic rings. The number of ether oxygens (including phenoxy) is 1. The van der Waals surface area contributed by atoms with Crippen LogP contribution < -0.4 is 0 Å². The van der Waals surface area contributed by atoms with E-state index in [4.69, 9.17) is 27.9 Å². The third-order valence-electron chi connectivity index (χ3n) is 2.96. The second-order valence-electron chi connectivity index (χ2n) is 4.42. The average Bonchev–Trinajstić information content (AvgIpc) is 2.47. The molecular formula is C15H11Cl2NO4. The summed E-state index contributed by atoms with van der Waals surface area (Å²) < 4.78 is 5.10. The van der Waals surface area contributed by atoms with Crippen LogP contribution in [-0.2, 0) is 22.6 Å². The first-order chi connectivity index (χ1) is 10.5. The summed E-state index contributed by atoms with van der Waals surface area (Å²) in [6.45, 7) is -0.0853. The first-order valence-electron chi connectivity index (χ1n) is 6.30. The van der Waals surface area contributed by atoms with E-state index in [0.717, 1.165) is 0 Å². The molecule has 22 heavy (non-hydrogen) atoms. The Labute approximate surface area is 136 Å². The number of nitro benzene ring substituents is 1. The van der Waals surface area contributed by atoms with Crippen LogP contribution in [0.3, 0.4) is 0 Å². The summed E-state index contributed by atoms with van der Waals surface area (Å²) in [7, 11) is 0. The second-order valence-corrected chi connectivity index (χ2v) is 5.24. The Morgan fingerprint density at radius 3 is 2.36 bits per heavy atom. The van der Waals surface area contributed by atoms with Gasteiger partial charge in [0.25, 0.3) is 5.69 Å². The number of halogens is 2. The zero-order valence-electron chi connectivity index (χ0n) is 11.3. The first kappa shape index (κ1) is 16.3. The number of nitro groups is 1. The lowest BCUT2D eigenvalue weighted by molar-refractivity contribution is -0.385. The Balaban J connectivity index is 2.04. The highest BCUT2D eigenvalue weighted by atomic mass is 35.5. The summed E-state index contributed by atoms with van der Waals surface area (Å²) >= 11 is 11.9. The highest BCUT2D eigenvalue weighted by Crippen LogP contribution is 2.25. The van der Waals surface area contributed by atoms with E-state index in [9.17, 15) is 14.9 Å². The molecule has 7 heteroatoms. The first-order valence-corrected chi connectivity index (χ1v) is 7.05. The summed E-state index contributed by atoms with van der Waals surface area (Å²) in [5.41, 5.74) is 0.680. The van der Waals surface area contributed by atoms with Gasteiger partial charge in [0.1, 0.15) is 6.61 Å². The fourth-order valence-corrected chi connectivity index (χ4v) is 2.37. The third-order valence-corrected chi connectivity index (χ3v) is 3.67. The molecule has 0 aliphatic heterocycles. The van der Waals surface area contributed by atoms with Gasteiger partial charge in [0, 0.05) is 27.2 Å². The molecule has 0 aliphatic rings. The number of carbonyl (C=O) groups is 1. The maximum absolute atomic E-state index is 11.9. The van der Waals surface area contributed by atoms with Crippen molar-refractivity contribution in [2.75, 3.05) is 0 Å². The van der Waals surface area contributed by atoms with E-state index in [0.29, 0.717) is 21.2 Å². The van der Waals surface area contributed by atoms with E-state index in [1.807, 2.05) is 0 Å². The highest BCUT2D eigenvalue weighted by Gasteiger charge is 2.17. The van der Waals surface area contributed by atoms with Crippen molar-refractivity contribution < 1.29 is 14.5 Å². The lowest BCUT2D eigenvalue weighted by Crippen LogP contribution is -2.10. The van der Waals surface area contributed by atoms with Crippen LogP contribution in [0.15, 0.2) is 42.5 Å². The van der Waals surface area contributed by atoms with Gasteiger partial charge in [-0.25, -0.2) is 0 Å². The maximum Gasteiger partial charge on any atom is 0.310 e. The van der Waals surface area contributed by atoms with Crippen LogP contribution in [0.5, 0.6) is 0 Å². The van der Waals surface area contributed by atoms with E-state index >= 15 is 0 Å². The molecule has 0 unspecified atom stereocenters. The minimum atomic E-state index is -0.592. The fourth-order valence-electron chi connectivity index (χ4n) is 1.87. The SMILES string of the molecule is O=C(Cc1ccccc1[N+](=O)[O-])OCc1c(Cl)cccc1Cl. The van der Waals surface area contributed by atoms with Gasteiger partial charge < -0.3 is 4.74 Å². The van der Waals surface area contributed by atoms with Gasteiger partial charge in [0.05, 0.1) is 11.3 Å². The summed E-state index contributed by atoms with van der Waals surface area (Å²) in [4.78, 5) is 22.2. The molecule has 0 bridgehead atoms. The molecule has 0 aromatic heterocycles. The van der Waals surface area contributed by atoms with Crippen molar-refractivity contribution in [3.63, 3.8) is 0 Å². The third kappa shape index (κ3) is 3.96. The lowest BCUT2D eigenvalue weighted by atomic mass is 10.1. The number of hydrogen-bond donors (Lipinski definition) is 0. The van der Waals surface area contributed by atoms with Gasteiger partial charge in [0.15, 0.2) is 0 Å². The molecule has 0 atom stereocenters. The van der Waals surface area contributed by atoms with Crippen molar-refractivity contribution in [1.29, 1.82) is 0 Å². The number of benzene rings is 2. The zero-order chi connectivity index (χ0) is 16.1.